The second-order valence-corrected chi connectivity index (χ2v) is 11.4. The molecule has 1 saturated heterocycles. The molecule has 0 aromatic rings. The van der Waals surface area contributed by atoms with Gasteiger partial charge in [-0.2, -0.15) is 0 Å². The smallest absolute Gasteiger partial charge is 0.211 e. The predicted molar refractivity (Wildman–Crippen MR) is 74.8 cm³/mol. The van der Waals surface area contributed by atoms with E-state index in [1.165, 1.54) is 0 Å². The highest BCUT2D eigenvalue weighted by Crippen LogP contribution is 2.30. The molecule has 1 N–H and O–H groups in total. The number of ether oxygens (including phenoxy) is 1. The number of piperidine rings is 1. The fourth-order valence-corrected chi connectivity index (χ4v) is 3.48. The second kappa shape index (κ2) is 5.00. The molecule has 0 amide bonds. The summed E-state index contributed by atoms with van der Waals surface area (Å²) < 4.78 is 11.6. The molecule has 0 aromatic heterocycles. The summed E-state index contributed by atoms with van der Waals surface area (Å²) in [6.45, 7) is 13.4. The maximum Gasteiger partial charge on any atom is 0.211 e. The highest BCUT2D eigenvalue weighted by atomic mass is 28.4. The van der Waals surface area contributed by atoms with Gasteiger partial charge in [-0.15, -0.1) is 0 Å². The predicted octanol–water partition coefficient (Wildman–Crippen LogP) is 2.70. The first kappa shape index (κ1) is 15.2. The third-order valence-electron chi connectivity index (χ3n) is 3.37. The van der Waals surface area contributed by atoms with E-state index in [-0.39, 0.29) is 11.1 Å². The van der Waals surface area contributed by atoms with Crippen LogP contribution in [0.3, 0.4) is 0 Å². The molecular weight excluding hydrogens is 230 g/mol. The van der Waals surface area contributed by atoms with Crippen molar-refractivity contribution in [2.75, 3.05) is 13.3 Å². The van der Waals surface area contributed by atoms with E-state index < -0.39 is 8.32 Å². The molecule has 4 heteroatoms. The molecule has 1 aliphatic rings. The molecule has 1 rings (SSSR count). The Kier molecular flexibility index (Phi) is 4.45. The fraction of sp³-hybridized carbons (Fsp3) is 1.00. The summed E-state index contributed by atoms with van der Waals surface area (Å²) in [5.74, 6) is 0. The highest BCUT2D eigenvalue weighted by molar-refractivity contribution is 6.71. The van der Waals surface area contributed by atoms with E-state index in [9.17, 15) is 0 Å². The van der Waals surface area contributed by atoms with E-state index in [1.807, 2.05) is 0 Å². The lowest BCUT2D eigenvalue weighted by Gasteiger charge is -2.46. The van der Waals surface area contributed by atoms with E-state index in [0.717, 1.165) is 19.1 Å². The molecule has 0 bridgehead atoms. The van der Waals surface area contributed by atoms with Crippen molar-refractivity contribution in [3.8, 4) is 0 Å². The molecule has 0 aliphatic carbocycles. The van der Waals surface area contributed by atoms with E-state index in [0.29, 0.717) is 6.10 Å². The van der Waals surface area contributed by atoms with Crippen molar-refractivity contribution in [3.05, 3.63) is 0 Å². The summed E-state index contributed by atoms with van der Waals surface area (Å²) >= 11 is 0. The van der Waals surface area contributed by atoms with Gasteiger partial charge in [-0.05, 0) is 53.6 Å². The van der Waals surface area contributed by atoms with Crippen LogP contribution in [0.5, 0.6) is 0 Å². The number of nitrogens with one attached hydrogen (secondary N) is 1. The normalized spacial score (nSPS) is 24.9. The zero-order valence-corrected chi connectivity index (χ0v) is 13.5. The van der Waals surface area contributed by atoms with Gasteiger partial charge in [0.25, 0.3) is 0 Å². The van der Waals surface area contributed by atoms with E-state index in [2.05, 4.69) is 46.1 Å². The Morgan fingerprint density at radius 2 is 1.59 bits per heavy atom. The molecular formula is C13H29NO2Si. The van der Waals surface area contributed by atoms with Crippen LogP contribution in [0.4, 0.5) is 0 Å². The molecule has 1 aliphatic heterocycles. The van der Waals surface area contributed by atoms with Gasteiger partial charge in [-0.25, -0.2) is 0 Å². The first-order valence-electron chi connectivity index (χ1n) is 6.51. The monoisotopic (exact) mass is 259 g/mol. The van der Waals surface area contributed by atoms with Gasteiger partial charge in [0.15, 0.2) is 0 Å². The minimum atomic E-state index is -1.60. The topological polar surface area (TPSA) is 30.5 Å². The minimum absolute atomic E-state index is 0.158. The van der Waals surface area contributed by atoms with E-state index in [4.69, 9.17) is 9.16 Å². The van der Waals surface area contributed by atoms with Gasteiger partial charge in [0.2, 0.25) is 8.32 Å². The van der Waals surface area contributed by atoms with Crippen molar-refractivity contribution < 1.29 is 9.16 Å². The van der Waals surface area contributed by atoms with Crippen LogP contribution in [0.1, 0.15) is 40.5 Å². The van der Waals surface area contributed by atoms with Crippen LogP contribution in [-0.2, 0) is 9.16 Å². The first-order chi connectivity index (χ1) is 7.55. The SMILES string of the molecule is CO[Si](C)(C)COC1CC(C)(C)NC(C)(C)C1. The van der Waals surface area contributed by atoms with Crippen molar-refractivity contribution in [1.82, 2.24) is 5.32 Å². The van der Waals surface area contributed by atoms with Crippen molar-refractivity contribution in [3.63, 3.8) is 0 Å². The van der Waals surface area contributed by atoms with Crippen LogP contribution in [-0.4, -0.2) is 38.8 Å². The maximum atomic E-state index is 6.11. The van der Waals surface area contributed by atoms with Gasteiger partial charge < -0.3 is 14.5 Å². The summed E-state index contributed by atoms with van der Waals surface area (Å²) in [4.78, 5) is 0. The van der Waals surface area contributed by atoms with E-state index >= 15 is 0 Å². The number of rotatable bonds is 4. The third-order valence-corrected chi connectivity index (χ3v) is 5.34. The Morgan fingerprint density at radius 1 is 1.12 bits per heavy atom. The summed E-state index contributed by atoms with van der Waals surface area (Å²) in [6.07, 6.45) is 3.29. The Balaban J connectivity index is 2.54. The molecule has 17 heavy (non-hydrogen) atoms. The first-order valence-corrected chi connectivity index (χ1v) is 9.63. The number of hydrogen-bond acceptors (Lipinski definition) is 3. The molecule has 102 valence electrons. The van der Waals surface area contributed by atoms with Crippen LogP contribution in [0, 0.1) is 0 Å². The van der Waals surface area contributed by atoms with Crippen LogP contribution in [0.2, 0.25) is 13.1 Å². The fourth-order valence-electron chi connectivity index (χ4n) is 2.72. The highest BCUT2D eigenvalue weighted by Gasteiger charge is 2.38. The average molecular weight is 259 g/mol. The Bertz CT molecular complexity index is 248. The lowest BCUT2D eigenvalue weighted by molar-refractivity contribution is -0.00842. The molecule has 0 unspecified atom stereocenters. The zero-order valence-electron chi connectivity index (χ0n) is 12.5. The summed E-state index contributed by atoms with van der Waals surface area (Å²) in [6, 6.07) is 0. The third kappa shape index (κ3) is 5.08. The minimum Gasteiger partial charge on any atom is -0.418 e. The molecule has 1 fully saturated rings. The quantitative estimate of drug-likeness (QED) is 0.788. The zero-order chi connectivity index (χ0) is 13.3. The summed E-state index contributed by atoms with van der Waals surface area (Å²) in [5, 5.41) is 3.67. The molecule has 0 aromatic carbocycles. The molecule has 0 spiro atoms. The van der Waals surface area contributed by atoms with E-state index in [1.54, 1.807) is 7.11 Å². The van der Waals surface area contributed by atoms with Crippen molar-refractivity contribution >= 4 is 8.32 Å². The van der Waals surface area contributed by atoms with Crippen molar-refractivity contribution in [2.24, 2.45) is 0 Å². The lowest BCUT2D eigenvalue weighted by atomic mass is 9.81. The van der Waals surface area contributed by atoms with Crippen LogP contribution in [0.25, 0.3) is 0 Å². The standard InChI is InChI=1S/C13H29NO2Si/c1-12(2)8-11(9-13(3,4)14-12)16-10-17(6,7)15-5/h11,14H,8-10H2,1-7H3. The van der Waals surface area contributed by atoms with Gasteiger partial charge in [-0.3, -0.25) is 0 Å². The molecule has 3 nitrogen and oxygen atoms in total. The molecule has 0 atom stereocenters. The summed E-state index contributed by atoms with van der Waals surface area (Å²) in [7, 11) is 0.201. The Hall–Kier alpha value is 0.0969. The molecule has 0 radical (unpaired) electrons. The van der Waals surface area contributed by atoms with Crippen LogP contribution in [0.15, 0.2) is 0 Å². The summed E-state index contributed by atoms with van der Waals surface area (Å²) in [5.41, 5.74) is 0.316. The van der Waals surface area contributed by atoms with Gasteiger partial charge in [0.1, 0.15) is 0 Å². The number of hydrogen-bond donors (Lipinski definition) is 1. The molecule has 0 saturated carbocycles. The maximum absolute atomic E-state index is 6.11. The largest absolute Gasteiger partial charge is 0.418 e. The van der Waals surface area contributed by atoms with Gasteiger partial charge >= 0.3 is 0 Å². The van der Waals surface area contributed by atoms with Crippen molar-refractivity contribution in [1.29, 1.82) is 0 Å². The Labute approximate surface area is 107 Å². The van der Waals surface area contributed by atoms with Crippen LogP contribution >= 0.6 is 0 Å². The van der Waals surface area contributed by atoms with Gasteiger partial charge in [-0.1, -0.05) is 0 Å². The lowest BCUT2D eigenvalue weighted by Crippen LogP contribution is -2.60. The van der Waals surface area contributed by atoms with Crippen LogP contribution < -0.4 is 5.32 Å². The molecule has 1 heterocycles. The van der Waals surface area contributed by atoms with Gasteiger partial charge in [0.05, 0.1) is 12.3 Å². The second-order valence-electron chi connectivity index (χ2n) is 7.20. The van der Waals surface area contributed by atoms with Gasteiger partial charge in [0, 0.05) is 18.2 Å². The van der Waals surface area contributed by atoms with Crippen molar-refractivity contribution in [2.45, 2.75) is 70.8 Å². The Morgan fingerprint density at radius 3 is 2.00 bits per heavy atom. The average Bonchev–Trinajstić information content (AvgIpc) is 2.10.